The molecule has 0 radical (unpaired) electrons. The van der Waals surface area contributed by atoms with Crippen molar-refractivity contribution in [2.24, 2.45) is 5.92 Å². The molecular formula is C23H26N2O5. The van der Waals surface area contributed by atoms with Gasteiger partial charge in [0.25, 0.3) is 0 Å². The van der Waals surface area contributed by atoms with Gasteiger partial charge < -0.3 is 24.8 Å². The number of methoxy groups -OCH3 is 1. The summed E-state index contributed by atoms with van der Waals surface area (Å²) in [6.07, 6.45) is 0.970. The average Bonchev–Trinajstić information content (AvgIpc) is 3.61. The highest BCUT2D eigenvalue weighted by molar-refractivity contribution is 5.94. The predicted molar refractivity (Wildman–Crippen MR) is 111 cm³/mol. The molecule has 1 saturated heterocycles. The van der Waals surface area contributed by atoms with Gasteiger partial charge in [0.1, 0.15) is 18.5 Å². The quantitative estimate of drug-likeness (QED) is 0.732. The van der Waals surface area contributed by atoms with Crippen molar-refractivity contribution >= 4 is 17.5 Å². The number of nitrogens with one attached hydrogen (secondary N) is 1. The van der Waals surface area contributed by atoms with Crippen LogP contribution in [0, 0.1) is 5.92 Å². The summed E-state index contributed by atoms with van der Waals surface area (Å²) in [6.45, 7) is 0.552. The third kappa shape index (κ3) is 4.47. The van der Waals surface area contributed by atoms with Gasteiger partial charge in [-0.25, -0.2) is 0 Å². The maximum Gasteiger partial charge on any atom is 0.249 e. The smallest absolute Gasteiger partial charge is 0.249 e. The van der Waals surface area contributed by atoms with E-state index >= 15 is 0 Å². The topological polar surface area (TPSA) is 88.1 Å². The summed E-state index contributed by atoms with van der Waals surface area (Å²) in [4.78, 5) is 26.2. The molecule has 2 aliphatic rings. The number of rotatable bonds is 7. The zero-order valence-corrected chi connectivity index (χ0v) is 16.9. The van der Waals surface area contributed by atoms with Crippen molar-refractivity contribution in [1.29, 1.82) is 0 Å². The summed E-state index contributed by atoms with van der Waals surface area (Å²) in [7, 11) is 1.59. The summed E-state index contributed by atoms with van der Waals surface area (Å²) >= 11 is 0. The number of ether oxygens (including phenoxy) is 2. The van der Waals surface area contributed by atoms with Crippen molar-refractivity contribution in [1.82, 2.24) is 4.90 Å². The SMILES string of the molecule is COc1ccccc1CN1C(=O)COCC1C(O)c1ccc(NC(=O)C2CC2)cc1. The predicted octanol–water partition coefficient (Wildman–Crippen LogP) is 2.50. The first kappa shape index (κ1) is 20.4. The van der Waals surface area contributed by atoms with Crippen molar-refractivity contribution < 1.29 is 24.2 Å². The molecule has 2 amide bonds. The Hall–Kier alpha value is -2.90. The molecule has 7 nitrogen and oxygen atoms in total. The first-order valence-corrected chi connectivity index (χ1v) is 10.1. The number of benzene rings is 2. The van der Waals surface area contributed by atoms with Gasteiger partial charge in [-0.2, -0.15) is 0 Å². The molecule has 1 aliphatic carbocycles. The minimum Gasteiger partial charge on any atom is -0.496 e. The summed E-state index contributed by atoms with van der Waals surface area (Å²) in [5.41, 5.74) is 2.23. The number of hydrogen-bond acceptors (Lipinski definition) is 5. The molecule has 0 bridgehead atoms. The second kappa shape index (κ2) is 8.85. The molecule has 7 heteroatoms. The number of nitrogens with zero attached hydrogens (tertiary/aromatic N) is 1. The van der Waals surface area contributed by atoms with E-state index in [2.05, 4.69) is 5.32 Å². The zero-order valence-electron chi connectivity index (χ0n) is 16.9. The molecule has 4 rings (SSSR count). The molecule has 0 spiro atoms. The monoisotopic (exact) mass is 410 g/mol. The van der Waals surface area contributed by atoms with E-state index in [4.69, 9.17) is 9.47 Å². The maximum atomic E-state index is 12.6. The first-order chi connectivity index (χ1) is 14.6. The molecule has 2 unspecified atom stereocenters. The summed E-state index contributed by atoms with van der Waals surface area (Å²) in [6, 6.07) is 14.1. The normalized spacial score (nSPS) is 20.0. The fraction of sp³-hybridized carbons (Fsp3) is 0.391. The molecule has 1 aliphatic heterocycles. The number of aliphatic hydroxyl groups excluding tert-OH is 1. The van der Waals surface area contributed by atoms with Gasteiger partial charge in [-0.1, -0.05) is 30.3 Å². The number of aliphatic hydroxyl groups is 1. The Labute approximate surface area is 175 Å². The molecule has 0 aromatic heterocycles. The van der Waals surface area contributed by atoms with Gasteiger partial charge in [-0.15, -0.1) is 0 Å². The highest BCUT2D eigenvalue weighted by Gasteiger charge is 2.35. The fourth-order valence-corrected chi connectivity index (χ4v) is 3.68. The fourth-order valence-electron chi connectivity index (χ4n) is 3.68. The minimum atomic E-state index is -0.919. The number of para-hydroxylation sites is 1. The van der Waals surface area contributed by atoms with E-state index in [9.17, 15) is 14.7 Å². The Bertz CT molecular complexity index is 910. The van der Waals surface area contributed by atoms with Crippen LogP contribution >= 0.6 is 0 Å². The Kier molecular flexibility index (Phi) is 6.01. The van der Waals surface area contributed by atoms with E-state index in [1.165, 1.54) is 0 Å². The molecule has 2 aromatic carbocycles. The van der Waals surface area contributed by atoms with Crippen molar-refractivity contribution in [2.45, 2.75) is 31.5 Å². The second-order valence-corrected chi connectivity index (χ2v) is 7.75. The number of hydrogen-bond donors (Lipinski definition) is 2. The summed E-state index contributed by atoms with van der Waals surface area (Å²) < 4.78 is 10.8. The van der Waals surface area contributed by atoms with Gasteiger partial charge in [0.2, 0.25) is 11.8 Å². The van der Waals surface area contributed by atoms with Gasteiger partial charge in [0.05, 0.1) is 19.8 Å². The highest BCUT2D eigenvalue weighted by Crippen LogP contribution is 2.31. The third-order valence-electron chi connectivity index (χ3n) is 5.60. The molecule has 2 aromatic rings. The number of carbonyl (C=O) groups excluding carboxylic acids is 2. The van der Waals surface area contributed by atoms with Crippen LogP contribution in [0.5, 0.6) is 5.75 Å². The van der Waals surface area contributed by atoms with Crippen LogP contribution in [0.2, 0.25) is 0 Å². The van der Waals surface area contributed by atoms with E-state index in [1.807, 2.05) is 24.3 Å². The van der Waals surface area contributed by atoms with Crippen LogP contribution in [0.15, 0.2) is 48.5 Å². The lowest BCUT2D eigenvalue weighted by Gasteiger charge is -2.38. The van der Waals surface area contributed by atoms with Crippen molar-refractivity contribution in [3.63, 3.8) is 0 Å². The second-order valence-electron chi connectivity index (χ2n) is 7.75. The molecule has 2 fully saturated rings. The number of amides is 2. The van der Waals surface area contributed by atoms with Crippen molar-refractivity contribution in [2.75, 3.05) is 25.6 Å². The Morgan fingerprint density at radius 1 is 1.23 bits per heavy atom. The summed E-state index contributed by atoms with van der Waals surface area (Å²) in [5.74, 6) is 0.687. The maximum absolute atomic E-state index is 12.6. The van der Waals surface area contributed by atoms with Gasteiger partial charge in [-0.3, -0.25) is 9.59 Å². The Balaban J connectivity index is 1.49. The zero-order chi connectivity index (χ0) is 21.1. The van der Waals surface area contributed by atoms with Gasteiger partial charge >= 0.3 is 0 Å². The van der Waals surface area contributed by atoms with Crippen LogP contribution in [0.1, 0.15) is 30.1 Å². The molecule has 1 saturated carbocycles. The van der Waals surface area contributed by atoms with Crippen molar-refractivity contribution in [3.8, 4) is 5.75 Å². The summed E-state index contributed by atoms with van der Waals surface area (Å²) in [5, 5.41) is 13.9. The first-order valence-electron chi connectivity index (χ1n) is 10.1. The molecule has 30 heavy (non-hydrogen) atoms. The van der Waals surface area contributed by atoms with Crippen LogP contribution in [-0.4, -0.2) is 48.2 Å². The van der Waals surface area contributed by atoms with E-state index in [0.29, 0.717) is 23.5 Å². The Morgan fingerprint density at radius 3 is 2.67 bits per heavy atom. The highest BCUT2D eigenvalue weighted by atomic mass is 16.5. The van der Waals surface area contributed by atoms with E-state index in [-0.39, 0.29) is 30.9 Å². The molecular weight excluding hydrogens is 384 g/mol. The third-order valence-corrected chi connectivity index (χ3v) is 5.60. The van der Waals surface area contributed by atoms with Crippen molar-refractivity contribution in [3.05, 3.63) is 59.7 Å². The molecule has 158 valence electrons. The van der Waals surface area contributed by atoms with E-state index < -0.39 is 12.1 Å². The molecule has 2 atom stereocenters. The van der Waals surface area contributed by atoms with Crippen LogP contribution in [0.3, 0.4) is 0 Å². The van der Waals surface area contributed by atoms with Gasteiger partial charge in [0.15, 0.2) is 0 Å². The number of morpholine rings is 1. The lowest BCUT2D eigenvalue weighted by molar-refractivity contribution is -0.155. The van der Waals surface area contributed by atoms with Crippen LogP contribution in [0.4, 0.5) is 5.69 Å². The largest absolute Gasteiger partial charge is 0.496 e. The molecule has 2 N–H and O–H groups in total. The lowest BCUT2D eigenvalue weighted by Crippen LogP contribution is -2.51. The average molecular weight is 410 g/mol. The van der Waals surface area contributed by atoms with Crippen LogP contribution < -0.4 is 10.1 Å². The van der Waals surface area contributed by atoms with E-state index in [0.717, 1.165) is 18.4 Å². The van der Waals surface area contributed by atoms with Gasteiger partial charge in [-0.05, 0) is 36.6 Å². The lowest BCUT2D eigenvalue weighted by atomic mass is 9.99. The Morgan fingerprint density at radius 2 is 1.97 bits per heavy atom. The molecule has 1 heterocycles. The van der Waals surface area contributed by atoms with Crippen LogP contribution in [0.25, 0.3) is 0 Å². The van der Waals surface area contributed by atoms with Crippen LogP contribution in [-0.2, 0) is 20.9 Å². The minimum absolute atomic E-state index is 0.00942. The van der Waals surface area contributed by atoms with Gasteiger partial charge in [0, 0.05) is 23.7 Å². The number of anilines is 1. The number of carbonyl (C=O) groups is 2. The standard InChI is InChI=1S/C23H26N2O5/c1-29-20-5-3-2-4-17(20)12-25-19(13-30-14-21(25)26)22(27)15-8-10-18(11-9-15)24-23(28)16-6-7-16/h2-5,8-11,16,19,22,27H,6-7,12-14H2,1H3,(H,24,28). The van der Waals surface area contributed by atoms with E-state index in [1.54, 1.807) is 36.3 Å².